The summed E-state index contributed by atoms with van der Waals surface area (Å²) in [7, 11) is 4.85. The molecule has 66 heavy (non-hydrogen) atoms. The van der Waals surface area contributed by atoms with Gasteiger partial charge in [0.15, 0.2) is 12.6 Å². The van der Waals surface area contributed by atoms with Crippen LogP contribution in [0, 0.1) is 23.7 Å². The molecule has 378 valence electrons. The summed E-state index contributed by atoms with van der Waals surface area (Å²) in [5.41, 5.74) is -3.57. The molecular weight excluding hydrogens is 857 g/mol. The maximum Gasteiger partial charge on any atom is 0.311 e. The zero-order valence-electron chi connectivity index (χ0n) is 41.5. The Hall–Kier alpha value is -2.65. The Morgan fingerprint density at radius 3 is 2.15 bits per heavy atom. The van der Waals surface area contributed by atoms with E-state index in [1.807, 2.05) is 56.1 Å². The predicted octanol–water partition coefficient (Wildman–Crippen LogP) is 2.92. The van der Waals surface area contributed by atoms with Gasteiger partial charge >= 0.3 is 5.97 Å². The van der Waals surface area contributed by atoms with E-state index in [-0.39, 0.29) is 37.6 Å². The first-order valence-electron chi connectivity index (χ1n) is 23.8. The number of hydrogen-bond acceptors (Lipinski definition) is 16. The number of aliphatic hydroxyl groups excluding tert-OH is 4. The highest BCUT2D eigenvalue weighted by atomic mass is 16.7. The Labute approximate surface area is 392 Å². The SMILES string of the molecule is CC[C@H]1OC(=O)[C@H](C)[C@@H](O[C@H]2C[C@@](C)(OC)[C@@H](O)[C@H](C)O2)[C@H](C)[C@@H](O[C@H]2O[C@H](C)C[C@H](N(C)CCCNC(=O)C(O)Cc3ccccc3)[C@H]2O)[C@](C)(OC)C[C@@H](C)C(=O)[C@H](C)[C@@H](O)[C@]1(C)O. The molecular formula is C49H82N2O15. The minimum absolute atomic E-state index is 0.0532. The monoisotopic (exact) mass is 939 g/mol. The number of ether oxygens (including phenoxy) is 7. The summed E-state index contributed by atoms with van der Waals surface area (Å²) < 4.78 is 44.5. The molecule has 0 bridgehead atoms. The lowest BCUT2D eigenvalue weighted by Crippen LogP contribution is -2.61. The van der Waals surface area contributed by atoms with Crippen LogP contribution in [0.3, 0.4) is 0 Å². The predicted molar refractivity (Wildman–Crippen MR) is 244 cm³/mol. The van der Waals surface area contributed by atoms with E-state index in [2.05, 4.69) is 5.32 Å². The van der Waals surface area contributed by atoms with Gasteiger partial charge in [0, 0.05) is 57.4 Å². The average Bonchev–Trinajstić information content (AvgIpc) is 3.28. The van der Waals surface area contributed by atoms with Crippen molar-refractivity contribution in [1.29, 1.82) is 0 Å². The number of rotatable bonds is 15. The van der Waals surface area contributed by atoms with Gasteiger partial charge in [-0.1, -0.05) is 58.0 Å². The number of amides is 1. The first kappa shape index (κ1) is 55.9. The second kappa shape index (κ2) is 23.8. The van der Waals surface area contributed by atoms with Crippen molar-refractivity contribution in [3.63, 3.8) is 0 Å². The number of carbonyl (C=O) groups excluding carboxylic acids is 3. The molecule has 17 heteroatoms. The Balaban J connectivity index is 1.68. The second-order valence-electron chi connectivity index (χ2n) is 20.0. The van der Waals surface area contributed by atoms with Crippen LogP contribution in [0.25, 0.3) is 0 Å². The molecule has 3 aliphatic heterocycles. The number of nitrogens with one attached hydrogen (secondary N) is 1. The third-order valence-corrected chi connectivity index (χ3v) is 14.7. The first-order valence-corrected chi connectivity index (χ1v) is 23.8. The molecule has 6 N–H and O–H groups in total. The van der Waals surface area contributed by atoms with E-state index in [9.17, 15) is 39.9 Å². The number of cyclic esters (lactones) is 1. The van der Waals surface area contributed by atoms with E-state index in [1.54, 1.807) is 41.5 Å². The van der Waals surface area contributed by atoms with Gasteiger partial charge in [0.25, 0.3) is 0 Å². The molecule has 1 unspecified atom stereocenters. The van der Waals surface area contributed by atoms with E-state index >= 15 is 0 Å². The van der Waals surface area contributed by atoms with Gasteiger partial charge in [0.2, 0.25) is 5.91 Å². The molecule has 17 nitrogen and oxygen atoms in total. The highest BCUT2D eigenvalue weighted by molar-refractivity contribution is 5.83. The standard InChI is InChI=1S/C49H82N2O15/c1-14-36-49(10,59)41(55)29(4)38(53)27(2)25-48(9,61-13)43(30(5)40(31(6)45(58)64-36)65-37-26-47(8,60-12)42(56)32(7)63-37)66-46-39(54)34(23-28(3)62-46)51(11)22-18-21-50-44(57)35(52)24-33-19-16-15-17-20-33/h15-17,19-20,27-32,34-37,39-43,46,52,54-56,59H,14,18,21-26H2,1-13H3,(H,50,57)/t27-,28-,29+,30+,31-,32+,34+,35?,36-,37+,39-,40+,41-,42+,43-,46-,47-,48-,49-/m1/s1. The zero-order chi connectivity index (χ0) is 49.5. The molecule has 0 saturated carbocycles. The number of methoxy groups -OCH3 is 2. The lowest BCUT2D eigenvalue weighted by molar-refractivity contribution is -0.319. The van der Waals surface area contributed by atoms with Gasteiger partial charge in [-0.05, 0) is 86.4 Å². The molecule has 1 aromatic rings. The molecule has 0 aromatic heterocycles. The summed E-state index contributed by atoms with van der Waals surface area (Å²) in [6.45, 7) is 17.6. The van der Waals surface area contributed by atoms with Crippen LogP contribution in [0.4, 0.5) is 0 Å². The zero-order valence-corrected chi connectivity index (χ0v) is 41.5. The van der Waals surface area contributed by atoms with Crippen LogP contribution in [0.5, 0.6) is 0 Å². The number of ketones is 1. The maximum atomic E-state index is 14.4. The average molecular weight is 939 g/mol. The van der Waals surface area contributed by atoms with E-state index in [1.165, 1.54) is 28.1 Å². The molecule has 0 aliphatic carbocycles. The van der Waals surface area contributed by atoms with Crippen molar-refractivity contribution in [3.05, 3.63) is 35.9 Å². The molecule has 3 heterocycles. The van der Waals surface area contributed by atoms with Crippen molar-refractivity contribution in [2.45, 2.75) is 198 Å². The number of Topliss-reactive ketones (excluding diaryl/α,β-unsaturated/α-hetero) is 1. The maximum absolute atomic E-state index is 14.4. The number of esters is 1. The number of nitrogens with zero attached hydrogens (tertiary/aromatic N) is 1. The van der Waals surface area contributed by atoms with Gasteiger partial charge in [-0.2, -0.15) is 0 Å². The van der Waals surface area contributed by atoms with Crippen molar-refractivity contribution < 1.29 is 73.1 Å². The molecule has 4 rings (SSSR count). The van der Waals surface area contributed by atoms with Crippen LogP contribution in [0.2, 0.25) is 0 Å². The largest absolute Gasteiger partial charge is 0.459 e. The van der Waals surface area contributed by atoms with E-state index in [0.29, 0.717) is 25.9 Å². The molecule has 3 saturated heterocycles. The van der Waals surface area contributed by atoms with Crippen molar-refractivity contribution in [1.82, 2.24) is 10.2 Å². The Bertz CT molecular complexity index is 1710. The van der Waals surface area contributed by atoms with Crippen LogP contribution < -0.4 is 5.32 Å². The lowest BCUT2D eigenvalue weighted by atomic mass is 9.74. The highest BCUT2D eigenvalue weighted by Crippen LogP contribution is 2.42. The quantitative estimate of drug-likeness (QED) is 0.110. The number of benzene rings is 1. The van der Waals surface area contributed by atoms with Gasteiger partial charge in [-0.15, -0.1) is 0 Å². The summed E-state index contributed by atoms with van der Waals surface area (Å²) >= 11 is 0. The molecule has 0 radical (unpaired) electrons. The van der Waals surface area contributed by atoms with Crippen molar-refractivity contribution in [3.8, 4) is 0 Å². The Morgan fingerprint density at radius 2 is 1.55 bits per heavy atom. The summed E-state index contributed by atoms with van der Waals surface area (Å²) in [6.07, 6.45) is -10.2. The normalized spacial score (nSPS) is 41.5. The second-order valence-corrected chi connectivity index (χ2v) is 20.0. The molecule has 3 aliphatic rings. The molecule has 0 spiro atoms. The van der Waals surface area contributed by atoms with Crippen LogP contribution in [-0.2, 0) is 54.0 Å². The van der Waals surface area contributed by atoms with Crippen molar-refractivity contribution >= 4 is 17.7 Å². The minimum Gasteiger partial charge on any atom is -0.459 e. The summed E-state index contributed by atoms with van der Waals surface area (Å²) in [5.74, 6) is -5.26. The summed E-state index contributed by atoms with van der Waals surface area (Å²) in [4.78, 5) is 43.3. The lowest BCUT2D eigenvalue weighted by Gasteiger charge is -2.50. The minimum atomic E-state index is -2.01. The Kier molecular flexibility index (Phi) is 20.2. The number of likely N-dealkylation sites (N-methyl/N-ethyl adjacent to an activating group) is 1. The number of hydrogen-bond donors (Lipinski definition) is 6. The fourth-order valence-electron chi connectivity index (χ4n) is 10.3. The van der Waals surface area contributed by atoms with Crippen molar-refractivity contribution in [2.24, 2.45) is 23.7 Å². The molecule has 3 fully saturated rings. The third-order valence-electron chi connectivity index (χ3n) is 14.7. The number of carbonyl (C=O) groups is 3. The summed E-state index contributed by atoms with van der Waals surface area (Å²) in [6, 6.07) is 8.82. The van der Waals surface area contributed by atoms with Gasteiger partial charge in [-0.3, -0.25) is 14.4 Å². The molecule has 1 aromatic carbocycles. The number of aliphatic hydroxyl groups is 5. The fraction of sp³-hybridized carbons (Fsp3) is 0.816. The van der Waals surface area contributed by atoms with Gasteiger partial charge in [0.1, 0.15) is 35.8 Å². The topological polar surface area (TPSA) is 232 Å². The highest BCUT2D eigenvalue weighted by Gasteiger charge is 2.54. The van der Waals surface area contributed by atoms with Crippen LogP contribution in [0.1, 0.15) is 107 Å². The third kappa shape index (κ3) is 13.2. The Morgan fingerprint density at radius 1 is 0.909 bits per heavy atom. The van der Waals surface area contributed by atoms with E-state index in [4.69, 9.17) is 33.2 Å². The van der Waals surface area contributed by atoms with Crippen LogP contribution in [0.15, 0.2) is 30.3 Å². The fourth-order valence-corrected chi connectivity index (χ4v) is 10.3. The summed E-state index contributed by atoms with van der Waals surface area (Å²) in [5, 5.41) is 59.8. The van der Waals surface area contributed by atoms with Crippen LogP contribution >= 0.6 is 0 Å². The first-order chi connectivity index (χ1) is 30.8. The van der Waals surface area contributed by atoms with E-state index < -0.39 is 120 Å². The van der Waals surface area contributed by atoms with Crippen molar-refractivity contribution in [2.75, 3.05) is 34.4 Å². The van der Waals surface area contributed by atoms with Gasteiger partial charge in [-0.25, -0.2) is 0 Å². The van der Waals surface area contributed by atoms with E-state index in [0.717, 1.165) is 5.56 Å². The van der Waals surface area contributed by atoms with Gasteiger partial charge < -0.3 is 68.9 Å². The molecule has 19 atom stereocenters. The smallest absolute Gasteiger partial charge is 0.311 e. The van der Waals surface area contributed by atoms with Crippen LogP contribution in [-0.4, -0.2) is 173 Å². The molecule has 1 amide bonds. The van der Waals surface area contributed by atoms with Gasteiger partial charge in [0.05, 0.1) is 47.6 Å².